The summed E-state index contributed by atoms with van der Waals surface area (Å²) in [5.41, 5.74) is 2.46. The van der Waals surface area contributed by atoms with Crippen LogP contribution in [0.3, 0.4) is 0 Å². The van der Waals surface area contributed by atoms with Crippen LogP contribution < -0.4 is 0 Å². The Bertz CT molecular complexity index is 603. The van der Waals surface area contributed by atoms with Gasteiger partial charge in [0.2, 0.25) is 0 Å². The third-order valence-electron chi connectivity index (χ3n) is 3.70. The summed E-state index contributed by atoms with van der Waals surface area (Å²) in [6, 6.07) is 10.2. The minimum Gasteiger partial charge on any atom is -0.252 e. The summed E-state index contributed by atoms with van der Waals surface area (Å²) in [5.74, 6) is 0.387. The van der Waals surface area contributed by atoms with Crippen LogP contribution in [-0.2, 0) is 0 Å². The van der Waals surface area contributed by atoms with E-state index in [9.17, 15) is 0 Å². The summed E-state index contributed by atoms with van der Waals surface area (Å²) in [4.78, 5) is 4.88. The van der Waals surface area contributed by atoms with Crippen LogP contribution in [0.15, 0.2) is 30.3 Å². The van der Waals surface area contributed by atoms with Crippen LogP contribution in [0, 0.1) is 10.8 Å². The monoisotopic (exact) mass is 289 g/mol. The number of hydrogen-bond acceptors (Lipinski definition) is 1. The molecule has 0 unspecified atom stereocenters. The van der Waals surface area contributed by atoms with Gasteiger partial charge in [-0.15, -0.1) is 0 Å². The zero-order valence-corrected chi connectivity index (χ0v) is 14.0. The summed E-state index contributed by atoms with van der Waals surface area (Å²) in [6.45, 7) is 13.7. The van der Waals surface area contributed by atoms with E-state index in [1.807, 2.05) is 18.2 Å². The summed E-state index contributed by atoms with van der Waals surface area (Å²) >= 11 is 6.09. The largest absolute Gasteiger partial charge is 0.252 e. The molecule has 0 aliphatic heterocycles. The van der Waals surface area contributed by atoms with Crippen LogP contribution >= 0.6 is 11.6 Å². The van der Waals surface area contributed by atoms with Gasteiger partial charge in [0.05, 0.1) is 5.52 Å². The predicted octanol–water partition coefficient (Wildman–Crippen LogP) is 6.06. The molecule has 2 rings (SSSR count). The first-order chi connectivity index (χ1) is 9.09. The molecule has 1 nitrogen and oxygen atoms in total. The van der Waals surface area contributed by atoms with Crippen LogP contribution in [0.4, 0.5) is 0 Å². The van der Waals surface area contributed by atoms with Crippen LogP contribution in [0.25, 0.3) is 10.9 Å². The number of halogens is 1. The van der Waals surface area contributed by atoms with Crippen molar-refractivity contribution in [3.05, 3.63) is 41.0 Å². The normalized spacial score (nSPS) is 13.2. The second-order valence-electron chi connectivity index (χ2n) is 7.74. The molecule has 1 aromatic carbocycles. The molecule has 0 aliphatic carbocycles. The molecule has 0 saturated heterocycles. The average molecular weight is 290 g/mol. The maximum Gasteiger partial charge on any atom is 0.0720 e. The summed E-state index contributed by atoms with van der Waals surface area (Å²) in [6.07, 6.45) is 0. The Balaban J connectivity index is 2.60. The van der Waals surface area contributed by atoms with Crippen molar-refractivity contribution in [3.63, 3.8) is 0 Å². The summed E-state index contributed by atoms with van der Waals surface area (Å²) in [5, 5.41) is 1.88. The van der Waals surface area contributed by atoms with Gasteiger partial charge in [-0.1, -0.05) is 65.3 Å². The third-order valence-corrected chi connectivity index (χ3v) is 3.94. The number of aromatic nitrogens is 1. The number of benzene rings is 1. The fourth-order valence-electron chi connectivity index (χ4n) is 3.45. The Morgan fingerprint density at radius 1 is 0.900 bits per heavy atom. The van der Waals surface area contributed by atoms with Crippen molar-refractivity contribution in [2.24, 2.45) is 10.8 Å². The van der Waals surface area contributed by atoms with E-state index in [0.29, 0.717) is 5.92 Å². The number of hydrogen-bond donors (Lipinski definition) is 0. The lowest BCUT2D eigenvalue weighted by Gasteiger charge is -2.40. The van der Waals surface area contributed by atoms with E-state index in [2.05, 4.69) is 53.7 Å². The van der Waals surface area contributed by atoms with E-state index >= 15 is 0 Å². The second kappa shape index (κ2) is 5.04. The molecule has 1 heterocycles. The van der Waals surface area contributed by atoms with E-state index in [4.69, 9.17) is 16.6 Å². The van der Waals surface area contributed by atoms with Gasteiger partial charge in [-0.2, -0.15) is 0 Å². The van der Waals surface area contributed by atoms with Crippen molar-refractivity contribution in [2.75, 3.05) is 0 Å². The minimum atomic E-state index is 0.164. The van der Waals surface area contributed by atoms with Crippen molar-refractivity contribution in [3.8, 4) is 0 Å². The molecule has 0 saturated carbocycles. The van der Waals surface area contributed by atoms with Crippen molar-refractivity contribution in [1.29, 1.82) is 0 Å². The Labute approximate surface area is 127 Å². The van der Waals surface area contributed by atoms with Gasteiger partial charge < -0.3 is 0 Å². The van der Waals surface area contributed by atoms with Crippen LogP contribution in [-0.4, -0.2) is 4.98 Å². The van der Waals surface area contributed by atoms with Crippen LogP contribution in [0.2, 0.25) is 5.02 Å². The van der Waals surface area contributed by atoms with Crippen LogP contribution in [0.1, 0.15) is 53.2 Å². The Kier molecular flexibility index (Phi) is 3.85. The highest BCUT2D eigenvalue weighted by atomic mass is 35.5. The molecule has 1 aromatic heterocycles. The van der Waals surface area contributed by atoms with Crippen molar-refractivity contribution >= 4 is 22.5 Å². The molecule has 0 bridgehead atoms. The van der Waals surface area contributed by atoms with Gasteiger partial charge in [-0.05, 0) is 29.0 Å². The number of pyridine rings is 1. The topological polar surface area (TPSA) is 12.9 Å². The van der Waals surface area contributed by atoms with Gasteiger partial charge in [0.25, 0.3) is 0 Å². The molecule has 0 N–H and O–H groups in total. The molecule has 2 heteroatoms. The first kappa shape index (κ1) is 15.3. The standard InChI is InChI=1S/C18H24ClN/c1-17(2,3)16(18(4,5)6)14-10-8-12-7-9-13(19)11-15(12)20-14/h7-11,16H,1-6H3. The Morgan fingerprint density at radius 2 is 1.45 bits per heavy atom. The quantitative estimate of drug-likeness (QED) is 0.621. The lowest BCUT2D eigenvalue weighted by atomic mass is 9.65. The molecule has 0 atom stereocenters. The zero-order chi connectivity index (χ0) is 15.1. The van der Waals surface area contributed by atoms with Crippen LogP contribution in [0.5, 0.6) is 0 Å². The van der Waals surface area contributed by atoms with Gasteiger partial charge in [-0.25, -0.2) is 0 Å². The van der Waals surface area contributed by atoms with Crippen molar-refractivity contribution in [1.82, 2.24) is 4.98 Å². The fraction of sp³-hybridized carbons (Fsp3) is 0.500. The number of nitrogens with zero attached hydrogens (tertiary/aromatic N) is 1. The van der Waals surface area contributed by atoms with Gasteiger partial charge in [0.1, 0.15) is 0 Å². The number of rotatable bonds is 1. The van der Waals surface area contributed by atoms with E-state index in [-0.39, 0.29) is 10.8 Å². The molecule has 0 aliphatic rings. The molecule has 0 amide bonds. The first-order valence-electron chi connectivity index (χ1n) is 7.15. The lowest BCUT2D eigenvalue weighted by Crippen LogP contribution is -2.31. The van der Waals surface area contributed by atoms with Gasteiger partial charge >= 0.3 is 0 Å². The maximum absolute atomic E-state index is 6.09. The molecule has 20 heavy (non-hydrogen) atoms. The van der Waals surface area contributed by atoms with E-state index < -0.39 is 0 Å². The molecule has 0 spiro atoms. The molecular weight excluding hydrogens is 266 g/mol. The van der Waals surface area contributed by atoms with Gasteiger partial charge in [0.15, 0.2) is 0 Å². The Morgan fingerprint density at radius 3 is 2.00 bits per heavy atom. The fourth-order valence-corrected chi connectivity index (χ4v) is 3.62. The van der Waals surface area contributed by atoms with E-state index in [0.717, 1.165) is 21.6 Å². The Hall–Kier alpha value is -1.08. The minimum absolute atomic E-state index is 0.164. The van der Waals surface area contributed by atoms with E-state index in [1.165, 1.54) is 0 Å². The second-order valence-corrected chi connectivity index (χ2v) is 8.17. The SMILES string of the molecule is CC(C)(C)C(c1ccc2ccc(Cl)cc2n1)C(C)(C)C. The lowest BCUT2D eigenvalue weighted by molar-refractivity contribution is 0.172. The van der Waals surface area contributed by atoms with Gasteiger partial charge in [0, 0.05) is 22.0 Å². The van der Waals surface area contributed by atoms with Gasteiger partial charge in [-0.3, -0.25) is 4.98 Å². The molecule has 0 fully saturated rings. The average Bonchev–Trinajstić information content (AvgIpc) is 2.24. The highest BCUT2D eigenvalue weighted by Gasteiger charge is 2.37. The third kappa shape index (κ3) is 3.15. The van der Waals surface area contributed by atoms with Crippen molar-refractivity contribution < 1.29 is 0 Å². The summed E-state index contributed by atoms with van der Waals surface area (Å²) in [7, 11) is 0. The maximum atomic E-state index is 6.09. The highest BCUT2D eigenvalue weighted by molar-refractivity contribution is 6.31. The summed E-state index contributed by atoms with van der Waals surface area (Å²) < 4.78 is 0. The van der Waals surface area contributed by atoms with E-state index in [1.54, 1.807) is 0 Å². The molecule has 2 aromatic rings. The first-order valence-corrected chi connectivity index (χ1v) is 7.53. The molecular formula is C18H24ClN. The van der Waals surface area contributed by atoms with Crippen molar-refractivity contribution in [2.45, 2.75) is 47.5 Å². The molecule has 108 valence electrons. The predicted molar refractivity (Wildman–Crippen MR) is 88.4 cm³/mol. The highest BCUT2D eigenvalue weighted by Crippen LogP contribution is 2.46. The zero-order valence-electron chi connectivity index (χ0n) is 13.3. The number of fused-ring (bicyclic) bond motifs is 1. The smallest absolute Gasteiger partial charge is 0.0720 e. The molecule has 0 radical (unpaired) electrons.